The third-order valence-corrected chi connectivity index (χ3v) is 7.63. The number of nitrogens with zero attached hydrogens (tertiary/aromatic N) is 1. The van der Waals surface area contributed by atoms with Crippen molar-refractivity contribution >= 4 is 52.2 Å². The number of hydrogen-bond acceptors (Lipinski definition) is 6. The van der Waals surface area contributed by atoms with Gasteiger partial charge in [-0.15, -0.1) is 0 Å². The molecule has 0 saturated carbocycles. The monoisotopic (exact) mass is 585 g/mol. The molecule has 0 unspecified atom stereocenters. The molecule has 3 aromatic rings. The first kappa shape index (κ1) is 28.9. The van der Waals surface area contributed by atoms with Crippen molar-refractivity contribution < 1.29 is 23.8 Å². The summed E-state index contributed by atoms with van der Waals surface area (Å²) in [5.41, 5.74) is 3.51. The molecule has 204 valence electrons. The van der Waals surface area contributed by atoms with Crippen LogP contribution in [0.15, 0.2) is 59.5 Å². The van der Waals surface area contributed by atoms with Crippen LogP contribution in [0, 0.1) is 6.92 Å². The van der Waals surface area contributed by atoms with E-state index >= 15 is 0 Å². The lowest BCUT2D eigenvalue weighted by Crippen LogP contribution is -2.32. The van der Waals surface area contributed by atoms with E-state index in [-0.39, 0.29) is 36.8 Å². The van der Waals surface area contributed by atoms with Gasteiger partial charge in [0.25, 0.3) is 11.1 Å². The van der Waals surface area contributed by atoms with Crippen LogP contribution in [0.25, 0.3) is 6.08 Å². The highest BCUT2D eigenvalue weighted by Crippen LogP contribution is 2.38. The Morgan fingerprint density at radius 1 is 1.00 bits per heavy atom. The van der Waals surface area contributed by atoms with Gasteiger partial charge in [-0.25, -0.2) is 0 Å². The van der Waals surface area contributed by atoms with E-state index in [0.29, 0.717) is 32.0 Å². The minimum Gasteiger partial charge on any atom is -0.493 e. The molecule has 0 aliphatic carbocycles. The first-order valence-corrected chi connectivity index (χ1v) is 14.0. The summed E-state index contributed by atoms with van der Waals surface area (Å²) in [7, 11) is 1.54. The summed E-state index contributed by atoms with van der Waals surface area (Å²) >= 11 is 13.2. The number of methoxy groups -OCH3 is 1. The van der Waals surface area contributed by atoms with Crippen LogP contribution in [-0.4, -0.2) is 36.3 Å². The second-order valence-corrected chi connectivity index (χ2v) is 11.1. The number of ether oxygens (including phenoxy) is 3. The first-order valence-electron chi connectivity index (χ1n) is 12.4. The molecule has 2 amide bonds. The molecule has 0 bridgehead atoms. The van der Waals surface area contributed by atoms with Gasteiger partial charge >= 0.3 is 0 Å². The van der Waals surface area contributed by atoms with Gasteiger partial charge in [0, 0.05) is 21.2 Å². The summed E-state index contributed by atoms with van der Waals surface area (Å²) in [6.45, 7) is 6.69. The van der Waals surface area contributed by atoms with Crippen molar-refractivity contribution in [2.45, 2.75) is 33.3 Å². The Kier molecular flexibility index (Phi) is 9.49. The van der Waals surface area contributed by atoms with Crippen LogP contribution in [0.2, 0.25) is 10.0 Å². The van der Waals surface area contributed by atoms with Crippen molar-refractivity contribution in [3.8, 4) is 17.2 Å². The lowest BCUT2D eigenvalue weighted by Gasteiger charge is -2.17. The Morgan fingerprint density at radius 3 is 2.51 bits per heavy atom. The SMILES string of the molecule is COc1cccc(/C=C2\SC(=O)N(CCOc3cc(C)ccc3C(C)C)C2=O)c1OCc1ccc(Cl)cc1Cl. The summed E-state index contributed by atoms with van der Waals surface area (Å²) in [6, 6.07) is 16.6. The van der Waals surface area contributed by atoms with Gasteiger partial charge in [0.15, 0.2) is 11.5 Å². The molecule has 9 heteroatoms. The number of thioether (sulfide) groups is 1. The molecule has 0 radical (unpaired) electrons. The molecule has 0 aromatic heterocycles. The van der Waals surface area contributed by atoms with E-state index < -0.39 is 0 Å². The lowest BCUT2D eigenvalue weighted by atomic mass is 10.0. The van der Waals surface area contributed by atoms with Crippen molar-refractivity contribution in [3.05, 3.63) is 91.8 Å². The third-order valence-electron chi connectivity index (χ3n) is 6.14. The summed E-state index contributed by atoms with van der Waals surface area (Å²) < 4.78 is 17.6. The van der Waals surface area contributed by atoms with E-state index in [2.05, 4.69) is 13.8 Å². The Bertz CT molecular complexity index is 1420. The number of carbonyl (C=O) groups excluding carboxylic acids is 2. The first-order chi connectivity index (χ1) is 18.7. The van der Waals surface area contributed by atoms with E-state index in [1.807, 2.05) is 25.1 Å². The Balaban J connectivity index is 1.49. The molecule has 1 aliphatic rings. The van der Waals surface area contributed by atoms with E-state index in [9.17, 15) is 9.59 Å². The Labute approximate surface area is 242 Å². The maximum absolute atomic E-state index is 13.2. The van der Waals surface area contributed by atoms with Gasteiger partial charge in [-0.05, 0) is 66.1 Å². The average Bonchev–Trinajstić information content (AvgIpc) is 3.15. The minimum absolute atomic E-state index is 0.143. The van der Waals surface area contributed by atoms with Gasteiger partial charge in [0.2, 0.25) is 0 Å². The van der Waals surface area contributed by atoms with E-state index in [0.717, 1.165) is 34.2 Å². The number of rotatable bonds is 10. The second kappa shape index (κ2) is 12.8. The zero-order chi connectivity index (χ0) is 28.1. The standard InChI is InChI=1S/C30H29Cl2NO5S/c1-18(2)23-11-8-19(3)14-26(23)37-13-12-33-29(34)27(39-30(33)35)15-20-6-5-7-25(36-4)28(20)38-17-21-9-10-22(31)16-24(21)32/h5-11,14-16,18H,12-13,17H2,1-4H3/b27-15-. The Hall–Kier alpha value is -3.13. The van der Waals surface area contributed by atoms with Gasteiger partial charge in [0.05, 0.1) is 18.6 Å². The normalized spacial score (nSPS) is 14.4. The number of imide groups is 1. The highest BCUT2D eigenvalue weighted by Gasteiger charge is 2.35. The molecule has 1 heterocycles. The van der Waals surface area contributed by atoms with Crippen molar-refractivity contribution in [3.63, 3.8) is 0 Å². The van der Waals surface area contributed by atoms with Gasteiger partial charge in [-0.1, -0.05) is 67.4 Å². The maximum Gasteiger partial charge on any atom is 0.293 e. The number of halogens is 2. The van der Waals surface area contributed by atoms with Crippen LogP contribution in [0.5, 0.6) is 17.2 Å². The lowest BCUT2D eigenvalue weighted by molar-refractivity contribution is -0.123. The molecule has 1 saturated heterocycles. The van der Waals surface area contributed by atoms with Crippen molar-refractivity contribution in [1.29, 1.82) is 0 Å². The Morgan fingerprint density at radius 2 is 1.79 bits per heavy atom. The second-order valence-electron chi connectivity index (χ2n) is 9.28. The molecule has 0 N–H and O–H groups in total. The number of benzene rings is 3. The molecule has 4 rings (SSSR count). The molecule has 39 heavy (non-hydrogen) atoms. The zero-order valence-corrected chi connectivity index (χ0v) is 24.5. The predicted molar refractivity (Wildman–Crippen MR) is 157 cm³/mol. The maximum atomic E-state index is 13.2. The molecular formula is C30H29Cl2NO5S. The fourth-order valence-corrected chi connectivity index (χ4v) is 5.39. The number of amides is 2. The topological polar surface area (TPSA) is 65.1 Å². The van der Waals surface area contributed by atoms with Crippen LogP contribution >= 0.6 is 35.0 Å². The highest BCUT2D eigenvalue weighted by atomic mass is 35.5. The molecule has 6 nitrogen and oxygen atoms in total. The highest BCUT2D eigenvalue weighted by molar-refractivity contribution is 8.18. The molecule has 1 aliphatic heterocycles. The smallest absolute Gasteiger partial charge is 0.293 e. The van der Waals surface area contributed by atoms with Crippen LogP contribution in [0.4, 0.5) is 4.79 Å². The van der Waals surface area contributed by atoms with Gasteiger partial charge < -0.3 is 14.2 Å². The van der Waals surface area contributed by atoms with Crippen LogP contribution < -0.4 is 14.2 Å². The van der Waals surface area contributed by atoms with Crippen LogP contribution in [0.1, 0.15) is 42.0 Å². The largest absolute Gasteiger partial charge is 0.493 e. The van der Waals surface area contributed by atoms with Crippen molar-refractivity contribution in [2.75, 3.05) is 20.3 Å². The van der Waals surface area contributed by atoms with Crippen molar-refractivity contribution in [2.24, 2.45) is 0 Å². The summed E-state index contributed by atoms with van der Waals surface area (Å²) in [5, 5.41) is 0.664. The summed E-state index contributed by atoms with van der Waals surface area (Å²) in [6.07, 6.45) is 1.64. The van der Waals surface area contributed by atoms with E-state index in [1.165, 1.54) is 12.0 Å². The molecule has 1 fully saturated rings. The van der Waals surface area contributed by atoms with Gasteiger partial charge in [0.1, 0.15) is 19.0 Å². The fraction of sp³-hybridized carbons (Fsp3) is 0.267. The molecule has 0 atom stereocenters. The van der Waals surface area contributed by atoms with E-state index in [4.69, 9.17) is 37.4 Å². The van der Waals surface area contributed by atoms with Crippen molar-refractivity contribution in [1.82, 2.24) is 4.90 Å². The molecule has 3 aromatic carbocycles. The summed E-state index contributed by atoms with van der Waals surface area (Å²) in [5.74, 6) is 1.60. The van der Waals surface area contributed by atoms with Gasteiger partial charge in [-0.3, -0.25) is 14.5 Å². The number of hydrogen-bond donors (Lipinski definition) is 0. The van der Waals surface area contributed by atoms with Crippen LogP contribution in [0.3, 0.4) is 0 Å². The molecular weight excluding hydrogens is 557 g/mol. The number of aryl methyl sites for hydroxylation is 1. The number of carbonyl (C=O) groups is 2. The minimum atomic E-state index is -0.378. The average molecular weight is 587 g/mol. The predicted octanol–water partition coefficient (Wildman–Crippen LogP) is 8.13. The van der Waals surface area contributed by atoms with Crippen LogP contribution in [-0.2, 0) is 11.4 Å². The molecule has 0 spiro atoms. The van der Waals surface area contributed by atoms with E-state index in [1.54, 1.807) is 42.5 Å². The third kappa shape index (κ3) is 6.90. The quantitative estimate of drug-likeness (QED) is 0.224. The van der Waals surface area contributed by atoms with Gasteiger partial charge in [-0.2, -0.15) is 0 Å². The fourth-order valence-electron chi connectivity index (χ4n) is 4.07. The summed E-state index contributed by atoms with van der Waals surface area (Å²) in [4.78, 5) is 27.4. The zero-order valence-electron chi connectivity index (χ0n) is 22.1. The number of para-hydroxylation sites is 1.